The number of nitrogens with zero attached hydrogens (tertiary/aromatic N) is 5. The van der Waals surface area contributed by atoms with E-state index in [0.717, 1.165) is 0 Å². The number of aliphatic hydroxyl groups is 3. The summed E-state index contributed by atoms with van der Waals surface area (Å²) in [5.41, 5.74) is 12.0. The summed E-state index contributed by atoms with van der Waals surface area (Å²) < 4.78 is 7.29. The minimum Gasteiger partial charge on any atom is -0.394 e. The van der Waals surface area contributed by atoms with Gasteiger partial charge in [0.15, 0.2) is 17.7 Å². The zero-order chi connectivity index (χ0) is 19.0. The van der Waals surface area contributed by atoms with Crippen LogP contribution in [0.4, 0.5) is 5.82 Å². The molecule has 12 heteroatoms. The second-order valence-electron chi connectivity index (χ2n) is 6.22. The summed E-state index contributed by atoms with van der Waals surface area (Å²) in [6, 6.07) is -0.705. The van der Waals surface area contributed by atoms with E-state index in [4.69, 9.17) is 21.6 Å². The van der Waals surface area contributed by atoms with E-state index in [1.165, 1.54) is 17.2 Å². The van der Waals surface area contributed by atoms with Crippen LogP contribution in [-0.4, -0.2) is 90.1 Å². The molecule has 3 rings (SSSR count). The number of nitrogens with one attached hydrogen (secondary N) is 1. The number of likely N-dealkylation sites (N-methyl/N-ethyl adjacent to an activating group) is 1. The van der Waals surface area contributed by atoms with Gasteiger partial charge in [0.2, 0.25) is 0 Å². The van der Waals surface area contributed by atoms with Crippen molar-refractivity contribution in [3.05, 3.63) is 12.7 Å². The van der Waals surface area contributed by atoms with Crippen molar-refractivity contribution in [2.24, 2.45) is 5.73 Å². The Morgan fingerprint density at radius 2 is 2.12 bits per heavy atom. The van der Waals surface area contributed by atoms with Crippen molar-refractivity contribution in [3.8, 4) is 0 Å². The zero-order valence-corrected chi connectivity index (χ0v) is 14.1. The van der Waals surface area contributed by atoms with Crippen molar-refractivity contribution < 1.29 is 20.1 Å². The van der Waals surface area contributed by atoms with Gasteiger partial charge in [-0.15, -0.1) is 0 Å². The van der Waals surface area contributed by atoms with Crippen LogP contribution >= 0.6 is 0 Å². The maximum Gasteiger partial charge on any atom is 0.167 e. The number of aromatic nitrogens is 4. The smallest absolute Gasteiger partial charge is 0.167 e. The highest BCUT2D eigenvalue weighted by Crippen LogP contribution is 2.32. The van der Waals surface area contributed by atoms with Crippen molar-refractivity contribution in [2.45, 2.75) is 30.6 Å². The zero-order valence-electron chi connectivity index (χ0n) is 14.1. The molecule has 0 amide bonds. The summed E-state index contributed by atoms with van der Waals surface area (Å²) in [7, 11) is 1.64. The number of aliphatic hydroxyl groups excluding tert-OH is 3. The molecular formula is C14H22N8O4. The van der Waals surface area contributed by atoms with Crippen LogP contribution in [0.25, 0.3) is 11.2 Å². The van der Waals surface area contributed by atoms with E-state index < -0.39 is 30.6 Å². The van der Waals surface area contributed by atoms with Gasteiger partial charge < -0.3 is 31.5 Å². The average Bonchev–Trinajstić information content (AvgIpc) is 3.13. The Bertz CT molecular complexity index is 798. The van der Waals surface area contributed by atoms with E-state index >= 15 is 0 Å². The van der Waals surface area contributed by atoms with E-state index in [2.05, 4.69) is 15.0 Å². The van der Waals surface area contributed by atoms with Gasteiger partial charge in [0, 0.05) is 6.54 Å². The molecule has 0 radical (unpaired) electrons. The maximum absolute atomic E-state index is 10.4. The van der Waals surface area contributed by atoms with Crippen molar-refractivity contribution in [2.75, 3.05) is 25.9 Å². The van der Waals surface area contributed by atoms with Crippen LogP contribution in [0, 0.1) is 5.41 Å². The van der Waals surface area contributed by atoms with Crippen LogP contribution in [0.2, 0.25) is 0 Å². The van der Waals surface area contributed by atoms with Gasteiger partial charge in [-0.25, -0.2) is 15.0 Å². The van der Waals surface area contributed by atoms with Crippen LogP contribution in [0.15, 0.2) is 12.7 Å². The Labute approximate surface area is 148 Å². The molecule has 0 aromatic carbocycles. The first-order valence-corrected chi connectivity index (χ1v) is 7.94. The van der Waals surface area contributed by atoms with Gasteiger partial charge in [0.1, 0.15) is 36.0 Å². The highest BCUT2D eigenvalue weighted by Gasteiger charge is 2.45. The van der Waals surface area contributed by atoms with Crippen molar-refractivity contribution in [1.29, 1.82) is 5.41 Å². The summed E-state index contributed by atoms with van der Waals surface area (Å²) in [4.78, 5) is 13.7. The topological polar surface area (TPSA) is 193 Å². The number of rotatable bonds is 6. The van der Waals surface area contributed by atoms with Gasteiger partial charge in [-0.1, -0.05) is 0 Å². The van der Waals surface area contributed by atoms with E-state index in [0.29, 0.717) is 11.2 Å². The first-order chi connectivity index (χ1) is 12.3. The molecule has 5 atom stereocenters. The number of hydrogen-bond donors (Lipinski definition) is 6. The van der Waals surface area contributed by atoms with Gasteiger partial charge in [-0.2, -0.15) is 0 Å². The third-order valence-corrected chi connectivity index (χ3v) is 4.53. The molecule has 2 aromatic heterocycles. The third-order valence-electron chi connectivity index (χ3n) is 4.53. The lowest BCUT2D eigenvalue weighted by Crippen LogP contribution is -2.49. The highest BCUT2D eigenvalue weighted by molar-refractivity contribution is 5.82. The van der Waals surface area contributed by atoms with E-state index in [1.807, 2.05) is 0 Å². The second kappa shape index (κ2) is 7.09. The van der Waals surface area contributed by atoms with Crippen molar-refractivity contribution >= 4 is 22.8 Å². The molecule has 0 saturated carbocycles. The molecule has 1 unspecified atom stereocenters. The quantitative estimate of drug-likeness (QED) is 0.231. The summed E-state index contributed by atoms with van der Waals surface area (Å²) in [6.45, 7) is -0.202. The molecule has 1 fully saturated rings. The number of anilines is 1. The number of hydrogen-bond acceptors (Lipinski definition) is 10. The monoisotopic (exact) mass is 366 g/mol. The number of amidine groups is 1. The van der Waals surface area contributed by atoms with Crippen LogP contribution in [0.5, 0.6) is 0 Å². The number of nitrogen functional groups attached to an aromatic ring is 1. The Morgan fingerprint density at radius 3 is 2.77 bits per heavy atom. The number of ether oxygens (including phenoxy) is 1. The van der Waals surface area contributed by atoms with E-state index in [-0.39, 0.29) is 24.8 Å². The molecule has 26 heavy (non-hydrogen) atoms. The van der Waals surface area contributed by atoms with Gasteiger partial charge in [0.05, 0.1) is 19.0 Å². The lowest BCUT2D eigenvalue weighted by Gasteiger charge is -2.28. The van der Waals surface area contributed by atoms with Gasteiger partial charge in [-0.3, -0.25) is 14.9 Å². The summed E-state index contributed by atoms with van der Waals surface area (Å²) in [5, 5.41) is 37.6. The summed E-state index contributed by atoms with van der Waals surface area (Å²) >= 11 is 0. The van der Waals surface area contributed by atoms with Crippen LogP contribution in [-0.2, 0) is 4.74 Å². The summed E-state index contributed by atoms with van der Waals surface area (Å²) in [5.74, 6) is -0.00215. The Balaban J connectivity index is 1.81. The first kappa shape index (κ1) is 18.4. The maximum atomic E-state index is 10.4. The fraction of sp³-hybridized carbons (Fsp3) is 0.571. The number of imidazole rings is 1. The van der Waals surface area contributed by atoms with Gasteiger partial charge in [0.25, 0.3) is 0 Å². The lowest BCUT2D eigenvalue weighted by molar-refractivity contribution is -0.0446. The molecule has 142 valence electrons. The Hall–Kier alpha value is -2.38. The molecule has 3 heterocycles. The molecule has 1 aliphatic heterocycles. The lowest BCUT2D eigenvalue weighted by atomic mass is 10.1. The van der Waals surface area contributed by atoms with Gasteiger partial charge in [-0.05, 0) is 7.05 Å². The minimum absolute atomic E-state index is 0.142. The molecule has 1 saturated heterocycles. The minimum atomic E-state index is -1.23. The molecule has 0 aliphatic carbocycles. The summed E-state index contributed by atoms with van der Waals surface area (Å²) in [6.07, 6.45) is -1.43. The normalized spacial score (nSPS) is 27.3. The molecule has 0 spiro atoms. The molecule has 8 N–H and O–H groups in total. The van der Waals surface area contributed by atoms with E-state index in [1.54, 1.807) is 11.9 Å². The van der Waals surface area contributed by atoms with Crippen LogP contribution in [0.3, 0.4) is 0 Å². The third kappa shape index (κ3) is 3.08. The van der Waals surface area contributed by atoms with Crippen LogP contribution < -0.4 is 11.5 Å². The first-order valence-electron chi connectivity index (χ1n) is 7.94. The van der Waals surface area contributed by atoms with E-state index in [9.17, 15) is 15.3 Å². The molecule has 12 nitrogen and oxygen atoms in total. The molecule has 2 aromatic rings. The van der Waals surface area contributed by atoms with Crippen LogP contribution in [0.1, 0.15) is 6.23 Å². The predicted octanol–water partition coefficient (Wildman–Crippen LogP) is -2.74. The fourth-order valence-electron chi connectivity index (χ4n) is 3.05. The molecule has 0 bridgehead atoms. The molecular weight excluding hydrogens is 344 g/mol. The average molecular weight is 366 g/mol. The second-order valence-corrected chi connectivity index (χ2v) is 6.22. The molecule has 1 aliphatic rings. The number of nitrogens with two attached hydrogens (primary N) is 2. The van der Waals surface area contributed by atoms with Crippen molar-refractivity contribution in [3.63, 3.8) is 0 Å². The van der Waals surface area contributed by atoms with Crippen molar-refractivity contribution in [1.82, 2.24) is 24.4 Å². The SMILES string of the molecule is CN(C[C@H]1O[C@@H](n2cnc3c(N)ncnc32)[C@H](O)[C@@H]1O)C(CO)C(=N)N. The standard InChI is InChI=1S/C14H22N8O4/c1-21(6(3-23)11(15)16)2-7-9(24)10(25)14(26-7)22-5-20-8-12(17)18-4-19-13(8)22/h4-7,9-10,14,23-25H,2-3H2,1H3,(H3,15,16)(H2,17,18,19)/t6?,7-,9-,10-,14-/m1/s1. The van der Waals surface area contributed by atoms with Gasteiger partial charge >= 0.3 is 0 Å². The number of fused-ring (bicyclic) bond motifs is 1. The highest BCUT2D eigenvalue weighted by atomic mass is 16.6. The fourth-order valence-corrected chi connectivity index (χ4v) is 3.05. The Kier molecular flexibility index (Phi) is 5.02. The predicted molar refractivity (Wildman–Crippen MR) is 91.1 cm³/mol. The largest absolute Gasteiger partial charge is 0.394 e. The Morgan fingerprint density at radius 1 is 1.38 bits per heavy atom.